The van der Waals surface area contributed by atoms with Gasteiger partial charge in [-0.25, -0.2) is 9.59 Å². The van der Waals surface area contributed by atoms with E-state index in [0.29, 0.717) is 10.9 Å². The van der Waals surface area contributed by atoms with Crippen LogP contribution in [-0.2, 0) is 4.74 Å². The van der Waals surface area contributed by atoms with Crippen molar-refractivity contribution < 1.29 is 19.4 Å². The maximum Gasteiger partial charge on any atom is 0.414 e. The molecule has 0 saturated carbocycles. The highest BCUT2D eigenvalue weighted by Gasteiger charge is 2.25. The predicted molar refractivity (Wildman–Crippen MR) is 83.3 cm³/mol. The molecular formula is C16H18N2O4. The lowest BCUT2D eigenvalue weighted by molar-refractivity contribution is 0.0589. The predicted octanol–water partition coefficient (Wildman–Crippen LogP) is 3.30. The Morgan fingerprint density at radius 3 is 2.45 bits per heavy atom. The number of benzene rings is 1. The van der Waals surface area contributed by atoms with E-state index in [1.165, 1.54) is 18.1 Å². The van der Waals surface area contributed by atoms with Crippen LogP contribution in [0.15, 0.2) is 30.5 Å². The average Bonchev–Trinajstić information content (AvgIpc) is 2.43. The molecule has 0 aliphatic heterocycles. The molecule has 0 saturated heterocycles. The monoisotopic (exact) mass is 302 g/mol. The first kappa shape index (κ1) is 15.8. The summed E-state index contributed by atoms with van der Waals surface area (Å²) in [6, 6.07) is 7.05. The van der Waals surface area contributed by atoms with Crippen LogP contribution in [0.3, 0.4) is 0 Å². The summed E-state index contributed by atoms with van der Waals surface area (Å²) >= 11 is 0. The standard InChI is InChI=1S/C16H18N2O4/c1-16(2,3)22-15(21)18(4)13-10-7-5-6-8-12(10)17-9-11(13)14(19)20/h5-9H,1-4H3,(H,19,20). The first-order valence-corrected chi connectivity index (χ1v) is 6.78. The maximum absolute atomic E-state index is 12.3. The van der Waals surface area contributed by atoms with Crippen molar-refractivity contribution in [1.82, 2.24) is 4.98 Å². The van der Waals surface area contributed by atoms with E-state index >= 15 is 0 Å². The number of carbonyl (C=O) groups is 2. The van der Waals surface area contributed by atoms with Gasteiger partial charge in [0.15, 0.2) is 0 Å². The van der Waals surface area contributed by atoms with Gasteiger partial charge >= 0.3 is 12.1 Å². The molecule has 1 amide bonds. The first-order valence-electron chi connectivity index (χ1n) is 6.78. The number of hydrogen-bond donors (Lipinski definition) is 1. The highest BCUT2D eigenvalue weighted by atomic mass is 16.6. The quantitative estimate of drug-likeness (QED) is 0.920. The largest absolute Gasteiger partial charge is 0.478 e. The second-order valence-electron chi connectivity index (χ2n) is 5.88. The molecule has 22 heavy (non-hydrogen) atoms. The zero-order valence-electron chi connectivity index (χ0n) is 13.0. The van der Waals surface area contributed by atoms with Crippen molar-refractivity contribution in [3.8, 4) is 0 Å². The number of aromatic nitrogens is 1. The Hall–Kier alpha value is -2.63. The first-order chi connectivity index (χ1) is 10.2. The van der Waals surface area contributed by atoms with Crippen LogP contribution in [0.5, 0.6) is 0 Å². The molecule has 2 aromatic rings. The van der Waals surface area contributed by atoms with Crippen LogP contribution in [-0.4, -0.2) is 34.8 Å². The molecule has 1 aromatic heterocycles. The molecule has 2 rings (SSSR count). The van der Waals surface area contributed by atoms with Gasteiger partial charge < -0.3 is 9.84 Å². The van der Waals surface area contributed by atoms with E-state index < -0.39 is 17.7 Å². The number of carbonyl (C=O) groups excluding carboxylic acids is 1. The molecule has 0 fully saturated rings. The second-order valence-corrected chi connectivity index (χ2v) is 5.88. The van der Waals surface area contributed by atoms with E-state index in [2.05, 4.69) is 4.98 Å². The van der Waals surface area contributed by atoms with Crippen molar-refractivity contribution in [2.45, 2.75) is 26.4 Å². The van der Waals surface area contributed by atoms with Crippen LogP contribution >= 0.6 is 0 Å². The summed E-state index contributed by atoms with van der Waals surface area (Å²) in [6.07, 6.45) is 0.632. The summed E-state index contributed by atoms with van der Waals surface area (Å²) in [4.78, 5) is 29.1. The van der Waals surface area contributed by atoms with E-state index in [1.807, 2.05) is 0 Å². The van der Waals surface area contributed by atoms with Crippen molar-refractivity contribution >= 4 is 28.7 Å². The molecule has 0 unspecified atom stereocenters. The molecule has 0 atom stereocenters. The lowest BCUT2D eigenvalue weighted by Crippen LogP contribution is -2.35. The summed E-state index contributed by atoms with van der Waals surface area (Å²) in [5.74, 6) is -1.15. The van der Waals surface area contributed by atoms with Crippen LogP contribution in [0.1, 0.15) is 31.1 Å². The number of carboxylic acid groups (broad SMARTS) is 1. The molecule has 0 spiro atoms. The molecule has 116 valence electrons. The number of amides is 1. The third-order valence-corrected chi connectivity index (χ3v) is 2.98. The SMILES string of the molecule is CN(C(=O)OC(C)(C)C)c1c(C(=O)O)cnc2ccccc12. The molecule has 0 bridgehead atoms. The lowest BCUT2D eigenvalue weighted by Gasteiger charge is -2.26. The van der Waals surface area contributed by atoms with Crippen molar-refractivity contribution in [3.05, 3.63) is 36.0 Å². The molecular weight excluding hydrogens is 284 g/mol. The Balaban J connectivity index is 2.59. The van der Waals surface area contributed by atoms with Gasteiger partial charge in [-0.1, -0.05) is 18.2 Å². The molecule has 6 heteroatoms. The van der Waals surface area contributed by atoms with Crippen molar-refractivity contribution in [2.75, 3.05) is 11.9 Å². The molecule has 0 aliphatic carbocycles. The highest BCUT2D eigenvalue weighted by molar-refractivity contribution is 6.09. The Labute approximate surface area is 128 Å². The number of nitrogens with zero attached hydrogens (tertiary/aromatic N) is 2. The minimum atomic E-state index is -1.15. The van der Waals surface area contributed by atoms with Gasteiger partial charge in [0, 0.05) is 18.6 Å². The van der Waals surface area contributed by atoms with Crippen molar-refractivity contribution in [1.29, 1.82) is 0 Å². The Kier molecular flexibility index (Phi) is 4.03. The zero-order chi connectivity index (χ0) is 16.5. The molecule has 1 N–H and O–H groups in total. The number of pyridine rings is 1. The third kappa shape index (κ3) is 3.16. The summed E-state index contributed by atoms with van der Waals surface area (Å²) in [5.41, 5.74) is 0.162. The Morgan fingerprint density at radius 1 is 1.23 bits per heavy atom. The normalized spacial score (nSPS) is 11.3. The Morgan fingerprint density at radius 2 is 1.86 bits per heavy atom. The third-order valence-electron chi connectivity index (χ3n) is 2.98. The van der Waals surface area contributed by atoms with E-state index in [1.54, 1.807) is 45.0 Å². The average molecular weight is 302 g/mol. The number of anilines is 1. The van der Waals surface area contributed by atoms with Gasteiger partial charge in [-0.15, -0.1) is 0 Å². The number of rotatable bonds is 2. The summed E-state index contributed by atoms with van der Waals surface area (Å²) < 4.78 is 5.31. The fourth-order valence-corrected chi connectivity index (χ4v) is 2.07. The van der Waals surface area contributed by atoms with Gasteiger partial charge in [0.25, 0.3) is 0 Å². The van der Waals surface area contributed by atoms with Crippen LogP contribution in [0.2, 0.25) is 0 Å². The van der Waals surface area contributed by atoms with Gasteiger partial charge in [0.2, 0.25) is 0 Å². The minimum absolute atomic E-state index is 0.0490. The minimum Gasteiger partial charge on any atom is -0.478 e. The zero-order valence-corrected chi connectivity index (χ0v) is 13.0. The van der Waals surface area contributed by atoms with Gasteiger partial charge in [-0.2, -0.15) is 0 Å². The van der Waals surface area contributed by atoms with Gasteiger partial charge in [-0.05, 0) is 26.8 Å². The molecule has 1 aromatic carbocycles. The number of fused-ring (bicyclic) bond motifs is 1. The van der Waals surface area contributed by atoms with Gasteiger partial charge in [-0.3, -0.25) is 9.88 Å². The van der Waals surface area contributed by atoms with E-state index in [-0.39, 0.29) is 11.3 Å². The topological polar surface area (TPSA) is 79.7 Å². The van der Waals surface area contributed by atoms with Crippen molar-refractivity contribution in [3.63, 3.8) is 0 Å². The van der Waals surface area contributed by atoms with Crippen LogP contribution in [0, 0.1) is 0 Å². The fraction of sp³-hybridized carbons (Fsp3) is 0.312. The second kappa shape index (κ2) is 5.63. The van der Waals surface area contributed by atoms with Crippen LogP contribution < -0.4 is 4.90 Å². The molecule has 0 radical (unpaired) electrons. The lowest BCUT2D eigenvalue weighted by atomic mass is 10.1. The number of carboxylic acids is 1. The maximum atomic E-state index is 12.3. The van der Waals surface area contributed by atoms with Crippen LogP contribution in [0.25, 0.3) is 10.9 Å². The van der Waals surface area contributed by atoms with Gasteiger partial charge in [0.1, 0.15) is 11.2 Å². The van der Waals surface area contributed by atoms with Crippen molar-refractivity contribution in [2.24, 2.45) is 0 Å². The summed E-state index contributed by atoms with van der Waals surface area (Å²) in [5, 5.41) is 9.95. The van der Waals surface area contributed by atoms with Crippen LogP contribution in [0.4, 0.5) is 10.5 Å². The van der Waals surface area contributed by atoms with Gasteiger partial charge in [0.05, 0.1) is 11.2 Å². The van der Waals surface area contributed by atoms with E-state index in [0.717, 1.165) is 0 Å². The number of aromatic carboxylic acids is 1. The van der Waals surface area contributed by atoms with E-state index in [4.69, 9.17) is 4.74 Å². The molecule has 0 aliphatic rings. The highest BCUT2D eigenvalue weighted by Crippen LogP contribution is 2.29. The Bertz CT molecular complexity index is 734. The fourth-order valence-electron chi connectivity index (χ4n) is 2.07. The number of hydrogen-bond acceptors (Lipinski definition) is 4. The summed E-state index contributed by atoms with van der Waals surface area (Å²) in [7, 11) is 1.49. The van der Waals surface area contributed by atoms with E-state index in [9.17, 15) is 14.7 Å². The molecule has 6 nitrogen and oxygen atoms in total. The number of ether oxygens (including phenoxy) is 1. The summed E-state index contributed by atoms with van der Waals surface area (Å²) in [6.45, 7) is 5.25. The molecule has 1 heterocycles. The number of para-hydroxylation sites is 1. The smallest absolute Gasteiger partial charge is 0.414 e.